The summed E-state index contributed by atoms with van der Waals surface area (Å²) in [4.78, 5) is 24.4. The number of benzene rings is 1. The molecule has 194 valence electrons. The van der Waals surface area contributed by atoms with E-state index in [1.54, 1.807) is 13.1 Å². The van der Waals surface area contributed by atoms with Crippen molar-refractivity contribution in [2.24, 2.45) is 0 Å². The SMILES string of the molecule is COc1c(NC(=O)c2c(F)cc(N3CCC(NC4CC4)CC3)c3nc(C)sc23)cn2cc(C)nc2c1F. The van der Waals surface area contributed by atoms with Crippen LogP contribution in [0.5, 0.6) is 5.75 Å². The Morgan fingerprint density at radius 3 is 2.54 bits per heavy atom. The zero-order valence-corrected chi connectivity index (χ0v) is 21.7. The number of ether oxygens (including phenoxy) is 1. The van der Waals surface area contributed by atoms with E-state index in [0.29, 0.717) is 33.7 Å². The van der Waals surface area contributed by atoms with Crippen LogP contribution in [0.2, 0.25) is 0 Å². The predicted octanol–water partition coefficient (Wildman–Crippen LogP) is 4.82. The number of carbonyl (C=O) groups is 1. The number of anilines is 2. The van der Waals surface area contributed by atoms with E-state index < -0.39 is 17.5 Å². The average molecular weight is 527 g/mol. The van der Waals surface area contributed by atoms with E-state index in [9.17, 15) is 4.79 Å². The maximum Gasteiger partial charge on any atom is 0.260 e. The van der Waals surface area contributed by atoms with Gasteiger partial charge >= 0.3 is 0 Å². The van der Waals surface area contributed by atoms with E-state index in [4.69, 9.17) is 4.74 Å². The first-order chi connectivity index (χ1) is 17.8. The quantitative estimate of drug-likeness (QED) is 0.375. The van der Waals surface area contributed by atoms with Gasteiger partial charge in [0.25, 0.3) is 5.91 Å². The number of piperidine rings is 1. The van der Waals surface area contributed by atoms with Gasteiger partial charge in [0.05, 0.1) is 33.8 Å². The molecular weight excluding hydrogens is 498 g/mol. The fraction of sp³-hybridized carbons (Fsp3) is 0.423. The monoisotopic (exact) mass is 526 g/mol. The number of aromatic nitrogens is 3. The van der Waals surface area contributed by atoms with Crippen molar-refractivity contribution in [1.82, 2.24) is 19.7 Å². The molecule has 4 aromatic rings. The molecule has 11 heteroatoms. The van der Waals surface area contributed by atoms with Crippen molar-refractivity contribution < 1.29 is 18.3 Å². The van der Waals surface area contributed by atoms with Gasteiger partial charge in [0.15, 0.2) is 11.4 Å². The molecule has 1 saturated carbocycles. The number of aryl methyl sites for hydroxylation is 2. The number of amides is 1. The van der Waals surface area contributed by atoms with Gasteiger partial charge in [-0.1, -0.05) is 0 Å². The summed E-state index contributed by atoms with van der Waals surface area (Å²) in [5, 5.41) is 7.07. The maximum absolute atomic E-state index is 15.6. The first-order valence-electron chi connectivity index (χ1n) is 12.5. The van der Waals surface area contributed by atoms with E-state index in [0.717, 1.165) is 30.9 Å². The topological polar surface area (TPSA) is 83.8 Å². The van der Waals surface area contributed by atoms with Crippen molar-refractivity contribution in [3.63, 3.8) is 0 Å². The Bertz CT molecular complexity index is 1520. The number of pyridine rings is 1. The van der Waals surface area contributed by atoms with Crippen molar-refractivity contribution in [3.8, 4) is 5.75 Å². The lowest BCUT2D eigenvalue weighted by Crippen LogP contribution is -2.43. The molecule has 6 rings (SSSR count). The minimum absolute atomic E-state index is 0.0815. The molecule has 0 atom stereocenters. The molecule has 3 aromatic heterocycles. The highest BCUT2D eigenvalue weighted by Gasteiger charge is 2.30. The van der Waals surface area contributed by atoms with Crippen molar-refractivity contribution in [3.05, 3.63) is 46.4 Å². The highest BCUT2D eigenvalue weighted by atomic mass is 32.1. The second-order valence-corrected chi connectivity index (χ2v) is 11.0. The van der Waals surface area contributed by atoms with Gasteiger partial charge in [-0.3, -0.25) is 4.79 Å². The average Bonchev–Trinajstić information content (AvgIpc) is 3.47. The summed E-state index contributed by atoms with van der Waals surface area (Å²) in [6.45, 7) is 5.17. The predicted molar refractivity (Wildman–Crippen MR) is 140 cm³/mol. The van der Waals surface area contributed by atoms with Crippen molar-refractivity contribution in [2.75, 3.05) is 30.4 Å². The van der Waals surface area contributed by atoms with Crippen LogP contribution in [0.3, 0.4) is 0 Å². The van der Waals surface area contributed by atoms with E-state index in [1.807, 2.05) is 6.92 Å². The molecule has 2 aliphatic rings. The van der Waals surface area contributed by atoms with Gasteiger partial charge in [0.1, 0.15) is 17.0 Å². The molecule has 1 aliphatic heterocycles. The van der Waals surface area contributed by atoms with Crippen molar-refractivity contribution in [2.45, 2.75) is 51.6 Å². The number of hydrogen-bond acceptors (Lipinski definition) is 7. The highest BCUT2D eigenvalue weighted by Crippen LogP contribution is 2.38. The second kappa shape index (κ2) is 9.21. The number of methoxy groups -OCH3 is 1. The molecule has 0 bridgehead atoms. The Morgan fingerprint density at radius 1 is 1.11 bits per heavy atom. The minimum atomic E-state index is -0.706. The number of halogens is 2. The first kappa shape index (κ1) is 24.1. The smallest absolute Gasteiger partial charge is 0.260 e. The Labute approximate surface area is 216 Å². The molecule has 1 aromatic carbocycles. The number of fused-ring (bicyclic) bond motifs is 2. The van der Waals surface area contributed by atoms with Crippen molar-refractivity contribution >= 4 is 44.5 Å². The van der Waals surface area contributed by atoms with Crippen LogP contribution in [0.1, 0.15) is 46.7 Å². The van der Waals surface area contributed by atoms with Gasteiger partial charge < -0.3 is 24.7 Å². The number of rotatable bonds is 6. The van der Waals surface area contributed by atoms with Crippen LogP contribution in [0.15, 0.2) is 18.5 Å². The van der Waals surface area contributed by atoms with Gasteiger partial charge in [0, 0.05) is 43.6 Å². The number of nitrogens with one attached hydrogen (secondary N) is 2. The molecule has 37 heavy (non-hydrogen) atoms. The summed E-state index contributed by atoms with van der Waals surface area (Å²) in [5.74, 6) is -2.20. The molecule has 2 fully saturated rings. The summed E-state index contributed by atoms with van der Waals surface area (Å²) < 4.78 is 37.8. The molecule has 1 aliphatic carbocycles. The molecule has 4 heterocycles. The Morgan fingerprint density at radius 2 is 1.84 bits per heavy atom. The van der Waals surface area contributed by atoms with Crippen LogP contribution in [0.25, 0.3) is 15.9 Å². The van der Waals surface area contributed by atoms with E-state index in [1.165, 1.54) is 48.0 Å². The molecule has 1 saturated heterocycles. The molecule has 8 nitrogen and oxygen atoms in total. The van der Waals surface area contributed by atoms with Crippen LogP contribution in [0, 0.1) is 25.5 Å². The molecule has 1 amide bonds. The summed E-state index contributed by atoms with van der Waals surface area (Å²) in [7, 11) is 1.31. The zero-order valence-electron chi connectivity index (χ0n) is 20.9. The van der Waals surface area contributed by atoms with Crippen LogP contribution in [-0.2, 0) is 0 Å². The molecule has 0 spiro atoms. The molecular formula is C26H28F2N6O2S. The number of carbonyl (C=O) groups excluding carboxylic acids is 1. The van der Waals surface area contributed by atoms with Crippen LogP contribution < -0.4 is 20.3 Å². The summed E-state index contributed by atoms with van der Waals surface area (Å²) in [6, 6.07) is 2.55. The Balaban J connectivity index is 1.33. The number of thiazole rings is 1. The number of imidazole rings is 1. The van der Waals surface area contributed by atoms with Gasteiger partial charge in [-0.25, -0.2) is 14.4 Å². The Hall–Kier alpha value is -3.31. The summed E-state index contributed by atoms with van der Waals surface area (Å²) in [6.07, 6.45) is 7.61. The lowest BCUT2D eigenvalue weighted by Gasteiger charge is -2.34. The molecule has 0 unspecified atom stereocenters. The largest absolute Gasteiger partial charge is 0.491 e. The normalized spacial score (nSPS) is 16.6. The second-order valence-electron chi connectivity index (χ2n) is 9.82. The third-order valence-electron chi connectivity index (χ3n) is 7.03. The minimum Gasteiger partial charge on any atom is -0.491 e. The zero-order chi connectivity index (χ0) is 25.8. The van der Waals surface area contributed by atoms with E-state index in [-0.39, 0.29) is 22.6 Å². The number of hydrogen-bond donors (Lipinski definition) is 2. The maximum atomic E-state index is 15.6. The Kier molecular flexibility index (Phi) is 5.99. The van der Waals surface area contributed by atoms with Gasteiger partial charge in [-0.2, -0.15) is 4.39 Å². The third kappa shape index (κ3) is 4.40. The first-order valence-corrected chi connectivity index (χ1v) is 13.3. The van der Waals surface area contributed by atoms with Crippen LogP contribution in [-0.4, -0.2) is 52.6 Å². The summed E-state index contributed by atoms with van der Waals surface area (Å²) >= 11 is 1.27. The lowest BCUT2D eigenvalue weighted by atomic mass is 10.0. The summed E-state index contributed by atoms with van der Waals surface area (Å²) in [5.41, 5.74) is 1.98. The lowest BCUT2D eigenvalue weighted by molar-refractivity contribution is 0.102. The van der Waals surface area contributed by atoms with Crippen molar-refractivity contribution in [1.29, 1.82) is 0 Å². The van der Waals surface area contributed by atoms with E-state index in [2.05, 4.69) is 25.5 Å². The van der Waals surface area contributed by atoms with Gasteiger partial charge in [-0.05, 0) is 39.5 Å². The van der Waals surface area contributed by atoms with Crippen LogP contribution in [0.4, 0.5) is 20.2 Å². The van der Waals surface area contributed by atoms with E-state index >= 15 is 8.78 Å². The molecule has 2 N–H and O–H groups in total. The fourth-order valence-electron chi connectivity index (χ4n) is 5.13. The third-order valence-corrected chi connectivity index (χ3v) is 8.02. The fourth-order valence-corrected chi connectivity index (χ4v) is 6.10. The molecule has 0 radical (unpaired) electrons. The number of nitrogens with zero attached hydrogens (tertiary/aromatic N) is 4. The van der Waals surface area contributed by atoms with Gasteiger partial charge in [-0.15, -0.1) is 11.3 Å². The van der Waals surface area contributed by atoms with Gasteiger partial charge in [0.2, 0.25) is 5.82 Å². The highest BCUT2D eigenvalue weighted by molar-refractivity contribution is 7.19. The standard InChI is InChI=1S/C26H28F2N6O2S/c1-13-11-34-12-18(23(36-3)21(28)25(34)29-13)32-26(35)20-17(27)10-19(22-24(20)37-14(2)30-22)33-8-6-16(7-9-33)31-15-4-5-15/h10-12,15-16,31H,4-9H2,1-3H3,(H,32,35). The van der Waals surface area contributed by atoms with Crippen LogP contribution >= 0.6 is 11.3 Å².